The van der Waals surface area contributed by atoms with Crippen molar-refractivity contribution in [2.45, 2.75) is 77.9 Å². The van der Waals surface area contributed by atoms with Crippen molar-refractivity contribution >= 4 is 23.5 Å². The summed E-state index contributed by atoms with van der Waals surface area (Å²) in [7, 11) is 0. The Morgan fingerprint density at radius 3 is 2.43 bits per heavy atom. The van der Waals surface area contributed by atoms with E-state index >= 15 is 0 Å². The van der Waals surface area contributed by atoms with Crippen molar-refractivity contribution in [2.24, 2.45) is 0 Å². The first-order valence-corrected chi connectivity index (χ1v) is 20.9. The smallest absolute Gasteiger partial charge is 0.318 e. The molecule has 312 valence electrons. The molecule has 6 aromatic rings. The van der Waals surface area contributed by atoms with Gasteiger partial charge in [-0.1, -0.05) is 90.5 Å². The number of aryl methyl sites for hydroxylation is 1. The SMILES string of the molecule is Cc1nccc(-c2ccc(C[C@@H](C)NC(=O)C3Cc4cc5c(cc4CN3C(=O)N[C@H](C)c3ccccc3)OC(c3ccc(OCc4cccc(Cl)c4F)cc3)CO5)cc2)c1C. The van der Waals surface area contributed by atoms with Gasteiger partial charge in [-0.05, 0) is 115 Å². The highest BCUT2D eigenvalue weighted by Gasteiger charge is 2.37. The third-order valence-electron chi connectivity index (χ3n) is 11.6. The summed E-state index contributed by atoms with van der Waals surface area (Å²) in [5, 5.41) is 6.40. The standard InChI is InChI=1S/C50H48ClFN4O5/c1-30(23-34-13-15-36(16-14-34)42-21-22-53-32(3)31(42)2)54-49(57)44-24-39-25-45-46(26-40(39)27-56(44)50(58)55-33(4)35-9-6-5-7-10-35)61-47(29-60-45)37-17-19-41(20-18-37)59-28-38-11-8-12-43(51)48(38)52/h5-22,25-26,30,33,44,47H,23-24,27-29H2,1-4H3,(H,54,57)(H,55,58)/t30-,33-,44?,47?/m1/s1. The summed E-state index contributed by atoms with van der Waals surface area (Å²) in [4.78, 5) is 34.4. The average Bonchev–Trinajstić information content (AvgIpc) is 3.27. The number of benzene rings is 5. The lowest BCUT2D eigenvalue weighted by atomic mass is 9.92. The quantitative estimate of drug-likeness (QED) is 0.135. The maximum atomic E-state index is 14.4. The number of halogens is 2. The number of fused-ring (bicyclic) bond motifs is 2. The first-order valence-electron chi connectivity index (χ1n) is 20.6. The van der Waals surface area contributed by atoms with Crippen LogP contribution in [0, 0.1) is 19.7 Å². The molecule has 4 atom stereocenters. The molecule has 9 nitrogen and oxygen atoms in total. The van der Waals surface area contributed by atoms with Gasteiger partial charge >= 0.3 is 6.03 Å². The Hall–Kier alpha value is -6.39. The van der Waals surface area contributed by atoms with Crippen molar-refractivity contribution in [2.75, 3.05) is 6.61 Å². The van der Waals surface area contributed by atoms with E-state index < -0.39 is 18.0 Å². The van der Waals surface area contributed by atoms with Crippen molar-refractivity contribution in [3.8, 4) is 28.4 Å². The van der Waals surface area contributed by atoms with E-state index in [9.17, 15) is 14.0 Å². The van der Waals surface area contributed by atoms with Gasteiger partial charge in [-0.25, -0.2) is 9.18 Å². The summed E-state index contributed by atoms with van der Waals surface area (Å²) in [6, 6.07) is 34.7. The normalized spacial score (nSPS) is 16.5. The molecular formula is C50H48ClFN4O5. The van der Waals surface area contributed by atoms with E-state index in [-0.39, 0.29) is 48.8 Å². The molecule has 2 aliphatic rings. The molecule has 61 heavy (non-hydrogen) atoms. The van der Waals surface area contributed by atoms with Crippen molar-refractivity contribution in [3.05, 3.63) is 177 Å². The molecule has 0 spiro atoms. The average molecular weight is 839 g/mol. The van der Waals surface area contributed by atoms with Crippen LogP contribution in [0.5, 0.6) is 17.2 Å². The summed E-state index contributed by atoms with van der Waals surface area (Å²) in [5.41, 5.74) is 9.53. The van der Waals surface area contributed by atoms with Crippen LogP contribution in [0.15, 0.2) is 121 Å². The summed E-state index contributed by atoms with van der Waals surface area (Å²) in [6.07, 6.45) is 2.36. The lowest BCUT2D eigenvalue weighted by molar-refractivity contribution is -0.126. The molecule has 1 aromatic heterocycles. The number of pyridine rings is 1. The van der Waals surface area contributed by atoms with Gasteiger partial charge in [0.05, 0.1) is 11.1 Å². The number of aromatic nitrogens is 1. The van der Waals surface area contributed by atoms with Crippen molar-refractivity contribution in [3.63, 3.8) is 0 Å². The van der Waals surface area contributed by atoms with E-state index in [1.54, 1.807) is 17.0 Å². The van der Waals surface area contributed by atoms with Crippen LogP contribution < -0.4 is 24.8 Å². The molecule has 3 heterocycles. The van der Waals surface area contributed by atoms with Gasteiger partial charge < -0.3 is 29.7 Å². The molecule has 2 N–H and O–H groups in total. The number of hydrogen-bond donors (Lipinski definition) is 2. The Morgan fingerprint density at radius 1 is 0.902 bits per heavy atom. The predicted octanol–water partition coefficient (Wildman–Crippen LogP) is 10.2. The number of nitrogens with one attached hydrogen (secondary N) is 2. The minimum Gasteiger partial charge on any atom is -0.489 e. The Bertz CT molecular complexity index is 2540. The van der Waals surface area contributed by atoms with Crippen molar-refractivity contribution in [1.82, 2.24) is 20.5 Å². The van der Waals surface area contributed by atoms with E-state index in [4.69, 9.17) is 25.8 Å². The molecule has 0 fully saturated rings. The largest absolute Gasteiger partial charge is 0.489 e. The third kappa shape index (κ3) is 9.35. The Kier molecular flexibility index (Phi) is 12.3. The topological polar surface area (TPSA) is 102 Å². The summed E-state index contributed by atoms with van der Waals surface area (Å²) < 4.78 is 32.9. The van der Waals surface area contributed by atoms with Gasteiger partial charge in [0.25, 0.3) is 0 Å². The van der Waals surface area contributed by atoms with Crippen molar-refractivity contribution in [1.29, 1.82) is 0 Å². The molecule has 0 bridgehead atoms. The second kappa shape index (κ2) is 18.1. The fraction of sp³-hybridized carbons (Fsp3) is 0.260. The van der Waals surface area contributed by atoms with Crippen LogP contribution >= 0.6 is 11.6 Å². The van der Waals surface area contributed by atoms with Gasteiger partial charge in [-0.15, -0.1) is 0 Å². The highest BCUT2D eigenvalue weighted by atomic mass is 35.5. The van der Waals surface area contributed by atoms with Crippen LogP contribution in [0.2, 0.25) is 5.02 Å². The Labute approximate surface area is 360 Å². The summed E-state index contributed by atoms with van der Waals surface area (Å²) >= 11 is 5.92. The molecule has 2 aliphatic heterocycles. The highest BCUT2D eigenvalue weighted by Crippen LogP contribution is 2.41. The van der Waals surface area contributed by atoms with Crippen LogP contribution in [0.3, 0.4) is 0 Å². The lowest BCUT2D eigenvalue weighted by Crippen LogP contribution is -2.56. The van der Waals surface area contributed by atoms with Gasteiger partial charge in [-0.2, -0.15) is 0 Å². The molecule has 2 unspecified atom stereocenters. The molecule has 8 rings (SSSR count). The van der Waals surface area contributed by atoms with E-state index in [0.29, 0.717) is 35.7 Å². The predicted molar refractivity (Wildman–Crippen MR) is 234 cm³/mol. The maximum Gasteiger partial charge on any atom is 0.318 e. The first-order chi connectivity index (χ1) is 29.5. The zero-order chi connectivity index (χ0) is 42.6. The van der Waals surface area contributed by atoms with Gasteiger partial charge in [-0.3, -0.25) is 9.78 Å². The van der Waals surface area contributed by atoms with Crippen LogP contribution in [0.25, 0.3) is 11.1 Å². The number of ether oxygens (including phenoxy) is 3. The number of nitrogens with zero attached hydrogens (tertiary/aromatic N) is 2. The van der Waals surface area contributed by atoms with Gasteiger partial charge in [0.2, 0.25) is 5.91 Å². The second-order valence-corrected chi connectivity index (χ2v) is 16.3. The molecule has 5 aromatic carbocycles. The van der Waals surface area contributed by atoms with E-state index in [1.807, 2.05) is 99.8 Å². The molecule has 3 amide bonds. The Morgan fingerprint density at radius 2 is 1.66 bits per heavy atom. The maximum absolute atomic E-state index is 14.4. The van der Waals surface area contributed by atoms with Crippen LogP contribution in [-0.4, -0.2) is 40.5 Å². The van der Waals surface area contributed by atoms with Crippen LogP contribution in [0.1, 0.15) is 70.6 Å². The van der Waals surface area contributed by atoms with E-state index in [1.165, 1.54) is 6.07 Å². The van der Waals surface area contributed by atoms with Gasteiger partial charge in [0, 0.05) is 36.5 Å². The second-order valence-electron chi connectivity index (χ2n) is 15.9. The summed E-state index contributed by atoms with van der Waals surface area (Å²) in [6.45, 7) is 8.53. The fourth-order valence-corrected chi connectivity index (χ4v) is 8.17. The lowest BCUT2D eigenvalue weighted by Gasteiger charge is -2.38. The molecular weight excluding hydrogens is 791 g/mol. The molecule has 0 saturated heterocycles. The number of urea groups is 1. The minimum absolute atomic E-state index is 0.0387. The van der Waals surface area contributed by atoms with E-state index in [2.05, 4.69) is 46.8 Å². The summed E-state index contributed by atoms with van der Waals surface area (Å²) in [5.74, 6) is 1.00. The first kappa shape index (κ1) is 41.3. The minimum atomic E-state index is -0.760. The molecule has 0 radical (unpaired) electrons. The van der Waals surface area contributed by atoms with Crippen LogP contribution in [0.4, 0.5) is 9.18 Å². The van der Waals surface area contributed by atoms with Gasteiger partial charge in [0.1, 0.15) is 30.8 Å². The number of rotatable bonds is 11. The molecule has 0 saturated carbocycles. The zero-order valence-electron chi connectivity index (χ0n) is 34.6. The Balaban J connectivity index is 0.965. The molecule has 0 aliphatic carbocycles. The number of carbonyl (C=O) groups excluding carboxylic acids is 2. The monoisotopic (exact) mass is 838 g/mol. The number of carbonyl (C=O) groups is 2. The number of amides is 3. The molecule has 11 heteroatoms. The third-order valence-corrected chi connectivity index (χ3v) is 11.9. The highest BCUT2D eigenvalue weighted by molar-refractivity contribution is 6.30. The van der Waals surface area contributed by atoms with Crippen molar-refractivity contribution < 1.29 is 28.2 Å². The zero-order valence-corrected chi connectivity index (χ0v) is 35.3. The number of hydrogen-bond acceptors (Lipinski definition) is 6. The van der Waals surface area contributed by atoms with Gasteiger partial charge in [0.15, 0.2) is 17.6 Å². The fourth-order valence-electron chi connectivity index (χ4n) is 7.97. The van der Waals surface area contributed by atoms with Crippen LogP contribution in [-0.2, 0) is 30.8 Å². The van der Waals surface area contributed by atoms with E-state index in [0.717, 1.165) is 50.2 Å².